The molecule has 0 aliphatic rings. The van der Waals surface area contributed by atoms with Gasteiger partial charge in [-0.1, -0.05) is 12.1 Å². The Hall–Kier alpha value is -3.16. The van der Waals surface area contributed by atoms with Gasteiger partial charge in [0.15, 0.2) is 16.7 Å². The van der Waals surface area contributed by atoms with Gasteiger partial charge in [0.2, 0.25) is 5.89 Å². The van der Waals surface area contributed by atoms with Gasteiger partial charge in [-0.25, -0.2) is 14.8 Å². The van der Waals surface area contributed by atoms with E-state index in [0.29, 0.717) is 22.6 Å². The minimum atomic E-state index is -0.408. The molecule has 1 aromatic carbocycles. The number of para-hydroxylation sites is 2. The van der Waals surface area contributed by atoms with Crippen molar-refractivity contribution in [3.8, 4) is 0 Å². The van der Waals surface area contributed by atoms with E-state index in [4.69, 9.17) is 4.42 Å². The number of hydrogen-bond donors (Lipinski definition) is 0. The van der Waals surface area contributed by atoms with Gasteiger partial charge < -0.3 is 8.98 Å². The summed E-state index contributed by atoms with van der Waals surface area (Å²) in [5, 5.41) is 0. The van der Waals surface area contributed by atoms with Crippen molar-refractivity contribution in [3.63, 3.8) is 0 Å². The molecule has 0 N–H and O–H groups in total. The van der Waals surface area contributed by atoms with Crippen LogP contribution in [0.4, 0.5) is 0 Å². The Morgan fingerprint density at radius 2 is 1.91 bits per heavy atom. The van der Waals surface area contributed by atoms with E-state index in [1.54, 1.807) is 11.6 Å². The maximum Gasteiger partial charge on any atom is 0.332 e. The standard InChI is InChI=1S/C15H13N5O3/c1-18-13-12(14(21)19(2)15(18)22)20(8-16-13)7-11-17-9-5-3-4-6-10(9)23-11/h3-6,8H,7H2,1-2H3. The number of rotatable bonds is 2. The predicted octanol–water partition coefficient (Wildman–Crippen LogP) is 0.623. The van der Waals surface area contributed by atoms with Crippen LogP contribution in [-0.2, 0) is 20.6 Å². The number of aryl methyl sites for hydroxylation is 1. The number of oxazole rings is 1. The van der Waals surface area contributed by atoms with Gasteiger partial charge in [0.05, 0.1) is 6.33 Å². The van der Waals surface area contributed by atoms with E-state index in [9.17, 15) is 9.59 Å². The van der Waals surface area contributed by atoms with E-state index >= 15 is 0 Å². The minimum Gasteiger partial charge on any atom is -0.439 e. The summed E-state index contributed by atoms with van der Waals surface area (Å²) in [4.78, 5) is 32.9. The number of hydrogen-bond acceptors (Lipinski definition) is 5. The molecule has 0 fully saturated rings. The highest BCUT2D eigenvalue weighted by Crippen LogP contribution is 2.16. The molecule has 0 spiro atoms. The molecule has 0 saturated carbocycles. The van der Waals surface area contributed by atoms with E-state index in [1.165, 1.54) is 17.9 Å². The Balaban J connectivity index is 1.89. The van der Waals surface area contributed by atoms with Crippen LogP contribution in [0.2, 0.25) is 0 Å². The predicted molar refractivity (Wildman–Crippen MR) is 83.3 cm³/mol. The highest BCUT2D eigenvalue weighted by atomic mass is 16.3. The first kappa shape index (κ1) is 13.5. The molecule has 0 saturated heterocycles. The molecule has 23 heavy (non-hydrogen) atoms. The van der Waals surface area contributed by atoms with Crippen LogP contribution in [0.3, 0.4) is 0 Å². The summed E-state index contributed by atoms with van der Waals surface area (Å²) in [6, 6.07) is 7.44. The molecule has 3 aromatic heterocycles. The van der Waals surface area contributed by atoms with Crippen LogP contribution < -0.4 is 11.2 Å². The third-order valence-electron chi connectivity index (χ3n) is 3.86. The molecule has 0 aliphatic heterocycles. The van der Waals surface area contributed by atoms with Gasteiger partial charge in [0.25, 0.3) is 5.56 Å². The van der Waals surface area contributed by atoms with Crippen LogP contribution in [0.1, 0.15) is 5.89 Å². The van der Waals surface area contributed by atoms with Gasteiger partial charge >= 0.3 is 5.69 Å². The van der Waals surface area contributed by atoms with Crippen LogP contribution >= 0.6 is 0 Å². The van der Waals surface area contributed by atoms with Crippen LogP contribution in [-0.4, -0.2) is 23.7 Å². The van der Waals surface area contributed by atoms with E-state index in [-0.39, 0.29) is 6.54 Å². The molecule has 0 atom stereocenters. The highest BCUT2D eigenvalue weighted by molar-refractivity contribution is 5.72. The second-order valence-electron chi connectivity index (χ2n) is 5.33. The normalized spacial score (nSPS) is 11.6. The quantitative estimate of drug-likeness (QED) is 0.541. The molecule has 3 heterocycles. The van der Waals surface area contributed by atoms with E-state index in [0.717, 1.165) is 10.1 Å². The van der Waals surface area contributed by atoms with Crippen molar-refractivity contribution >= 4 is 22.3 Å². The average Bonchev–Trinajstić information content (AvgIpc) is 3.14. The molecule has 0 radical (unpaired) electrons. The zero-order valence-corrected chi connectivity index (χ0v) is 12.6. The van der Waals surface area contributed by atoms with Crippen molar-refractivity contribution in [2.75, 3.05) is 0 Å². The number of imidazole rings is 1. The summed E-state index contributed by atoms with van der Waals surface area (Å²) >= 11 is 0. The molecule has 0 bridgehead atoms. The summed E-state index contributed by atoms with van der Waals surface area (Å²) in [5.41, 5.74) is 1.33. The molecular formula is C15H13N5O3. The van der Waals surface area contributed by atoms with Crippen molar-refractivity contribution in [1.82, 2.24) is 23.7 Å². The van der Waals surface area contributed by atoms with Gasteiger partial charge in [-0.05, 0) is 12.1 Å². The molecule has 4 aromatic rings. The number of benzene rings is 1. The Bertz CT molecular complexity index is 1130. The Labute approximate surface area is 129 Å². The molecule has 8 nitrogen and oxygen atoms in total. The molecule has 0 aliphatic carbocycles. The van der Waals surface area contributed by atoms with Crippen LogP contribution in [0.15, 0.2) is 44.6 Å². The lowest BCUT2D eigenvalue weighted by atomic mass is 10.3. The van der Waals surface area contributed by atoms with Gasteiger partial charge in [-0.3, -0.25) is 13.9 Å². The van der Waals surface area contributed by atoms with Crippen molar-refractivity contribution in [3.05, 3.63) is 57.3 Å². The fraction of sp³-hybridized carbons (Fsp3) is 0.200. The lowest BCUT2D eigenvalue weighted by Crippen LogP contribution is -2.37. The number of nitrogens with zero attached hydrogens (tertiary/aromatic N) is 5. The van der Waals surface area contributed by atoms with E-state index < -0.39 is 11.2 Å². The van der Waals surface area contributed by atoms with Crippen LogP contribution in [0.5, 0.6) is 0 Å². The van der Waals surface area contributed by atoms with E-state index in [1.807, 2.05) is 24.3 Å². The second kappa shape index (κ2) is 4.67. The topological polar surface area (TPSA) is 87.8 Å². The van der Waals surface area contributed by atoms with Crippen molar-refractivity contribution in [1.29, 1.82) is 0 Å². The fourth-order valence-electron chi connectivity index (χ4n) is 2.65. The van der Waals surface area contributed by atoms with Crippen molar-refractivity contribution < 1.29 is 4.42 Å². The van der Waals surface area contributed by atoms with Gasteiger partial charge in [0.1, 0.15) is 12.1 Å². The van der Waals surface area contributed by atoms with E-state index in [2.05, 4.69) is 9.97 Å². The van der Waals surface area contributed by atoms with Gasteiger partial charge in [0, 0.05) is 14.1 Å². The molecular weight excluding hydrogens is 298 g/mol. The van der Waals surface area contributed by atoms with Crippen LogP contribution in [0.25, 0.3) is 22.3 Å². The average molecular weight is 311 g/mol. The summed E-state index contributed by atoms with van der Waals surface area (Å²) < 4.78 is 9.73. The SMILES string of the molecule is Cn1c(=O)c2c(ncn2Cc2nc3ccccc3o2)n(C)c1=O. The molecule has 8 heteroatoms. The maximum atomic E-state index is 12.4. The molecule has 0 amide bonds. The summed E-state index contributed by atoms with van der Waals surface area (Å²) in [6.45, 7) is 0.263. The highest BCUT2D eigenvalue weighted by Gasteiger charge is 2.15. The molecule has 0 unspecified atom stereocenters. The minimum absolute atomic E-state index is 0.263. The molecule has 116 valence electrons. The van der Waals surface area contributed by atoms with Gasteiger partial charge in [-0.2, -0.15) is 0 Å². The number of fused-ring (bicyclic) bond motifs is 2. The number of aromatic nitrogens is 5. The smallest absolute Gasteiger partial charge is 0.332 e. The lowest BCUT2D eigenvalue weighted by Gasteiger charge is -2.04. The summed E-state index contributed by atoms with van der Waals surface area (Å²) in [6.07, 6.45) is 1.51. The summed E-state index contributed by atoms with van der Waals surface area (Å²) in [5.74, 6) is 0.474. The second-order valence-corrected chi connectivity index (χ2v) is 5.33. The van der Waals surface area contributed by atoms with Crippen molar-refractivity contribution in [2.45, 2.75) is 6.54 Å². The summed E-state index contributed by atoms with van der Waals surface area (Å²) in [7, 11) is 3.03. The third kappa shape index (κ3) is 1.91. The lowest BCUT2D eigenvalue weighted by molar-refractivity contribution is 0.511. The fourth-order valence-corrected chi connectivity index (χ4v) is 2.65. The Morgan fingerprint density at radius 3 is 2.70 bits per heavy atom. The zero-order valence-electron chi connectivity index (χ0n) is 12.6. The first-order chi connectivity index (χ1) is 11.1. The third-order valence-corrected chi connectivity index (χ3v) is 3.86. The maximum absolute atomic E-state index is 12.4. The Morgan fingerprint density at radius 1 is 1.13 bits per heavy atom. The first-order valence-corrected chi connectivity index (χ1v) is 7.01. The molecule has 4 rings (SSSR count). The monoisotopic (exact) mass is 311 g/mol. The van der Waals surface area contributed by atoms with Crippen LogP contribution in [0, 0.1) is 0 Å². The van der Waals surface area contributed by atoms with Crippen molar-refractivity contribution in [2.24, 2.45) is 14.1 Å². The van der Waals surface area contributed by atoms with Gasteiger partial charge in [-0.15, -0.1) is 0 Å². The zero-order chi connectivity index (χ0) is 16.1. The Kier molecular flexibility index (Phi) is 2.74. The first-order valence-electron chi connectivity index (χ1n) is 7.01. The largest absolute Gasteiger partial charge is 0.439 e.